The molecule has 0 fully saturated rings. The molecule has 172 valence electrons. The maximum atomic E-state index is 13.3. The summed E-state index contributed by atoms with van der Waals surface area (Å²) in [5.74, 6) is 2.02. The molecule has 1 aliphatic heterocycles. The molecule has 10 heteroatoms. The van der Waals surface area contributed by atoms with E-state index in [0.29, 0.717) is 44.2 Å². The number of hydrogen-bond donors (Lipinski definition) is 0. The van der Waals surface area contributed by atoms with Gasteiger partial charge in [0.1, 0.15) is 11.5 Å². The lowest BCUT2D eigenvalue weighted by atomic mass is 10.1. The van der Waals surface area contributed by atoms with Gasteiger partial charge in [0.15, 0.2) is 5.69 Å². The Morgan fingerprint density at radius 2 is 1.97 bits per heavy atom. The van der Waals surface area contributed by atoms with Crippen molar-refractivity contribution in [1.82, 2.24) is 15.2 Å². The Balaban J connectivity index is 1.99. The standard InChI is InChI=1S/C23H23ClN4O4S/c1-5-19(29)28-17-10-7-13(24)11-16(17)20-21(25-23(27-26-20)33-6-2)32-22(28)15-9-8-14(30-3)12-18(15)31-4/h7-12,22H,5-6H2,1-4H3/t22-/m0/s1. The van der Waals surface area contributed by atoms with Crippen LogP contribution in [0.5, 0.6) is 17.4 Å². The second kappa shape index (κ2) is 9.84. The molecular formula is C23H23ClN4O4S. The van der Waals surface area contributed by atoms with Crippen molar-refractivity contribution in [3.8, 4) is 28.6 Å². The molecule has 0 saturated heterocycles. The number of carbonyl (C=O) groups is 1. The molecule has 0 radical (unpaired) electrons. The number of rotatable bonds is 6. The quantitative estimate of drug-likeness (QED) is 0.442. The highest BCUT2D eigenvalue weighted by Crippen LogP contribution is 2.46. The normalized spacial score (nSPS) is 14.6. The van der Waals surface area contributed by atoms with Gasteiger partial charge in [0.05, 0.1) is 25.5 Å². The van der Waals surface area contributed by atoms with E-state index < -0.39 is 6.23 Å². The van der Waals surface area contributed by atoms with Crippen LogP contribution in [0.4, 0.5) is 5.69 Å². The Morgan fingerprint density at radius 1 is 1.15 bits per heavy atom. The van der Waals surface area contributed by atoms with E-state index in [2.05, 4.69) is 15.2 Å². The monoisotopic (exact) mass is 486 g/mol. The minimum absolute atomic E-state index is 0.148. The summed E-state index contributed by atoms with van der Waals surface area (Å²) >= 11 is 7.77. The van der Waals surface area contributed by atoms with Gasteiger partial charge in [-0.15, -0.1) is 10.2 Å². The summed E-state index contributed by atoms with van der Waals surface area (Å²) in [6.07, 6.45) is -0.608. The topological polar surface area (TPSA) is 86.7 Å². The predicted octanol–water partition coefficient (Wildman–Crippen LogP) is 5.16. The van der Waals surface area contributed by atoms with Gasteiger partial charge >= 0.3 is 0 Å². The molecule has 0 unspecified atom stereocenters. The number of anilines is 1. The fourth-order valence-corrected chi connectivity index (χ4v) is 4.27. The van der Waals surface area contributed by atoms with E-state index in [1.807, 2.05) is 13.0 Å². The average molecular weight is 487 g/mol. The van der Waals surface area contributed by atoms with Crippen LogP contribution in [-0.2, 0) is 4.79 Å². The molecule has 33 heavy (non-hydrogen) atoms. The first-order chi connectivity index (χ1) is 16.0. The fraction of sp³-hybridized carbons (Fsp3) is 0.304. The van der Waals surface area contributed by atoms with Gasteiger partial charge in [0.2, 0.25) is 23.2 Å². The molecule has 2 heterocycles. The summed E-state index contributed by atoms with van der Waals surface area (Å²) in [6.45, 7) is 3.80. The number of nitrogens with zero attached hydrogens (tertiary/aromatic N) is 4. The van der Waals surface area contributed by atoms with Crippen LogP contribution in [-0.4, -0.2) is 41.1 Å². The fourth-order valence-electron chi connectivity index (χ4n) is 3.59. The average Bonchev–Trinajstić information content (AvgIpc) is 2.97. The molecule has 4 rings (SSSR count). The van der Waals surface area contributed by atoms with Crippen molar-refractivity contribution in [1.29, 1.82) is 0 Å². The van der Waals surface area contributed by atoms with Crippen molar-refractivity contribution in [3.63, 3.8) is 0 Å². The number of hydrogen-bond acceptors (Lipinski definition) is 8. The van der Waals surface area contributed by atoms with E-state index >= 15 is 0 Å². The smallest absolute Gasteiger partial charge is 0.247 e. The Kier molecular flexibility index (Phi) is 6.90. The van der Waals surface area contributed by atoms with Gasteiger partial charge in [-0.3, -0.25) is 9.69 Å². The molecule has 2 aromatic carbocycles. The summed E-state index contributed by atoms with van der Waals surface area (Å²) < 4.78 is 17.4. The maximum Gasteiger partial charge on any atom is 0.247 e. The lowest BCUT2D eigenvalue weighted by Crippen LogP contribution is -2.37. The molecule has 1 aliphatic rings. The van der Waals surface area contributed by atoms with Crippen molar-refractivity contribution in [3.05, 3.63) is 47.0 Å². The van der Waals surface area contributed by atoms with Crippen molar-refractivity contribution in [2.75, 3.05) is 24.9 Å². The molecule has 8 nitrogen and oxygen atoms in total. The minimum Gasteiger partial charge on any atom is -0.497 e. The molecular weight excluding hydrogens is 464 g/mol. The van der Waals surface area contributed by atoms with Gasteiger partial charge in [0, 0.05) is 23.1 Å². The SMILES string of the molecule is CCSc1nnc2c(n1)O[C@@H](c1ccc(OC)cc1OC)N(C(=O)CC)c1ccc(Cl)cc1-2. The molecule has 1 amide bonds. The number of fused-ring (bicyclic) bond motifs is 3. The number of carbonyl (C=O) groups excluding carboxylic acids is 1. The van der Waals surface area contributed by atoms with Gasteiger partial charge in [0.25, 0.3) is 0 Å². The van der Waals surface area contributed by atoms with E-state index in [1.54, 1.807) is 56.4 Å². The second-order valence-corrected chi connectivity index (χ2v) is 8.71. The third-order valence-electron chi connectivity index (χ3n) is 5.12. The first-order valence-corrected chi connectivity index (χ1v) is 11.7. The maximum absolute atomic E-state index is 13.3. The second-order valence-electron chi connectivity index (χ2n) is 7.04. The van der Waals surface area contributed by atoms with Crippen molar-refractivity contribution in [2.24, 2.45) is 0 Å². The predicted molar refractivity (Wildman–Crippen MR) is 127 cm³/mol. The third-order valence-corrected chi connectivity index (χ3v) is 6.07. The van der Waals surface area contributed by atoms with E-state index in [-0.39, 0.29) is 18.2 Å². The lowest BCUT2D eigenvalue weighted by molar-refractivity contribution is -0.120. The Bertz CT molecular complexity index is 1190. The first kappa shape index (κ1) is 23.1. The van der Waals surface area contributed by atoms with E-state index in [4.69, 9.17) is 25.8 Å². The van der Waals surface area contributed by atoms with Crippen molar-refractivity contribution < 1.29 is 19.0 Å². The third kappa shape index (κ3) is 4.43. The van der Waals surface area contributed by atoms with Crippen molar-refractivity contribution >= 4 is 35.0 Å². The zero-order valence-electron chi connectivity index (χ0n) is 18.7. The van der Waals surface area contributed by atoms with E-state index in [0.717, 1.165) is 5.75 Å². The van der Waals surface area contributed by atoms with Crippen LogP contribution in [0.2, 0.25) is 5.02 Å². The molecule has 1 aromatic heterocycles. The minimum atomic E-state index is -0.865. The number of methoxy groups -OCH3 is 2. The van der Waals surface area contributed by atoms with E-state index in [9.17, 15) is 4.79 Å². The van der Waals surface area contributed by atoms with Crippen LogP contribution in [0.3, 0.4) is 0 Å². The number of halogens is 1. The summed E-state index contributed by atoms with van der Waals surface area (Å²) in [5.41, 5.74) is 2.26. The highest BCUT2D eigenvalue weighted by atomic mass is 35.5. The van der Waals surface area contributed by atoms with Crippen LogP contribution in [0.25, 0.3) is 11.3 Å². The molecule has 0 aliphatic carbocycles. The van der Waals surface area contributed by atoms with Crippen LogP contribution in [0, 0.1) is 0 Å². The summed E-state index contributed by atoms with van der Waals surface area (Å²) in [7, 11) is 3.14. The van der Waals surface area contributed by atoms with Gasteiger partial charge < -0.3 is 14.2 Å². The zero-order valence-corrected chi connectivity index (χ0v) is 20.2. The van der Waals surface area contributed by atoms with Crippen LogP contribution in [0.15, 0.2) is 41.6 Å². The first-order valence-electron chi connectivity index (χ1n) is 10.4. The highest BCUT2D eigenvalue weighted by Gasteiger charge is 2.37. The molecule has 0 saturated carbocycles. The number of aromatic nitrogens is 3. The van der Waals surface area contributed by atoms with Gasteiger partial charge in [-0.25, -0.2) is 0 Å². The summed E-state index contributed by atoms with van der Waals surface area (Å²) in [5, 5.41) is 9.60. The lowest BCUT2D eigenvalue weighted by Gasteiger charge is -2.31. The van der Waals surface area contributed by atoms with Gasteiger partial charge in [-0.2, -0.15) is 4.98 Å². The van der Waals surface area contributed by atoms with Crippen molar-refractivity contribution in [2.45, 2.75) is 31.7 Å². The largest absolute Gasteiger partial charge is 0.497 e. The molecule has 0 spiro atoms. The Morgan fingerprint density at radius 3 is 2.67 bits per heavy atom. The molecule has 1 atom stereocenters. The Hall–Kier alpha value is -3.04. The molecule has 0 bridgehead atoms. The zero-order chi connectivity index (χ0) is 23.5. The molecule has 0 N–H and O–H groups in total. The van der Waals surface area contributed by atoms with Gasteiger partial charge in [-0.1, -0.05) is 37.2 Å². The number of amides is 1. The number of benzene rings is 2. The van der Waals surface area contributed by atoms with Crippen LogP contribution in [0.1, 0.15) is 32.1 Å². The molecule has 3 aromatic rings. The highest BCUT2D eigenvalue weighted by molar-refractivity contribution is 7.99. The number of ether oxygens (including phenoxy) is 3. The summed E-state index contributed by atoms with van der Waals surface area (Å²) in [4.78, 5) is 19.5. The van der Waals surface area contributed by atoms with Gasteiger partial charge in [-0.05, 0) is 36.1 Å². The summed E-state index contributed by atoms with van der Waals surface area (Å²) in [6, 6.07) is 10.6. The number of thioether (sulfide) groups is 1. The van der Waals surface area contributed by atoms with Crippen LogP contribution < -0.4 is 19.1 Å². The Labute approximate surface area is 201 Å². The van der Waals surface area contributed by atoms with E-state index in [1.165, 1.54) is 11.8 Å². The van der Waals surface area contributed by atoms with Crippen LogP contribution >= 0.6 is 23.4 Å².